The summed E-state index contributed by atoms with van der Waals surface area (Å²) in [6.07, 6.45) is 7.30. The Kier molecular flexibility index (Phi) is 5.61. The Balaban J connectivity index is 2.06. The number of nitrogens with zero attached hydrogens (tertiary/aromatic N) is 3. The second-order valence-corrected chi connectivity index (χ2v) is 5.15. The van der Waals surface area contributed by atoms with E-state index in [0.29, 0.717) is 19.8 Å². The van der Waals surface area contributed by atoms with Gasteiger partial charge in [-0.1, -0.05) is 11.6 Å². The van der Waals surface area contributed by atoms with E-state index in [-0.39, 0.29) is 11.8 Å². The lowest BCUT2D eigenvalue weighted by molar-refractivity contribution is -0.128. The Morgan fingerprint density at radius 3 is 3.05 bits per heavy atom. The number of methoxy groups -OCH3 is 1. The van der Waals surface area contributed by atoms with Gasteiger partial charge in [-0.3, -0.25) is 4.79 Å². The van der Waals surface area contributed by atoms with Gasteiger partial charge in [0.1, 0.15) is 12.6 Å². The maximum absolute atomic E-state index is 12.0. The molecule has 0 bridgehead atoms. The number of ether oxygens (including phenoxy) is 1. The van der Waals surface area contributed by atoms with Gasteiger partial charge in [-0.2, -0.15) is 5.10 Å². The summed E-state index contributed by atoms with van der Waals surface area (Å²) < 4.78 is 6.84. The zero-order valence-corrected chi connectivity index (χ0v) is 12.5. The molecule has 1 aromatic heterocycles. The number of allylic oxidation sites excluding steroid dienone is 1. The highest BCUT2D eigenvalue weighted by Crippen LogP contribution is 2.19. The number of carbonyl (C=O) groups excluding carboxylic acids is 1. The van der Waals surface area contributed by atoms with Crippen molar-refractivity contribution in [2.75, 3.05) is 19.5 Å². The number of carbonyl (C=O) groups is 1. The standard InChI is InChI=1S/C14H20ClN3O2/c1-20-11-18-13(6-7-16-18)10-17(14(19)8-15)9-12-4-2-3-5-12/h4,6-7H,2-3,5,8-11H2,1H3. The summed E-state index contributed by atoms with van der Waals surface area (Å²) in [5, 5.41) is 4.18. The van der Waals surface area contributed by atoms with Crippen LogP contribution in [0.1, 0.15) is 25.0 Å². The normalized spacial score (nSPS) is 14.4. The molecule has 110 valence electrons. The molecule has 0 spiro atoms. The quantitative estimate of drug-likeness (QED) is 0.572. The monoisotopic (exact) mass is 297 g/mol. The molecule has 0 N–H and O–H groups in total. The largest absolute Gasteiger partial charge is 0.362 e. The minimum atomic E-state index is -0.0513. The molecular formula is C14H20ClN3O2. The Bertz CT molecular complexity index is 485. The summed E-state index contributed by atoms with van der Waals surface area (Å²) in [5.74, 6) is -0.0456. The molecular weight excluding hydrogens is 278 g/mol. The van der Waals surface area contributed by atoms with E-state index >= 15 is 0 Å². The van der Waals surface area contributed by atoms with Gasteiger partial charge < -0.3 is 9.64 Å². The summed E-state index contributed by atoms with van der Waals surface area (Å²) in [6, 6.07) is 1.90. The van der Waals surface area contributed by atoms with Gasteiger partial charge >= 0.3 is 0 Å². The van der Waals surface area contributed by atoms with Crippen molar-refractivity contribution in [1.29, 1.82) is 0 Å². The van der Waals surface area contributed by atoms with Gasteiger partial charge in [0.25, 0.3) is 0 Å². The summed E-state index contributed by atoms with van der Waals surface area (Å²) in [6.45, 7) is 1.55. The Hall–Kier alpha value is -1.33. The van der Waals surface area contributed by atoms with Crippen molar-refractivity contribution in [3.63, 3.8) is 0 Å². The lowest BCUT2D eigenvalue weighted by Gasteiger charge is -2.23. The Morgan fingerprint density at radius 1 is 1.55 bits per heavy atom. The fourth-order valence-corrected chi connectivity index (χ4v) is 2.54. The molecule has 0 saturated heterocycles. The average Bonchev–Trinajstić information content (AvgIpc) is 3.10. The van der Waals surface area contributed by atoms with Crippen molar-refractivity contribution in [2.45, 2.75) is 32.5 Å². The molecule has 6 heteroatoms. The predicted octanol–water partition coefficient (Wildman–Crippen LogP) is 2.16. The van der Waals surface area contributed by atoms with Gasteiger partial charge in [-0.15, -0.1) is 11.6 Å². The summed E-state index contributed by atoms with van der Waals surface area (Å²) in [7, 11) is 1.62. The van der Waals surface area contributed by atoms with Crippen LogP contribution >= 0.6 is 11.6 Å². The zero-order valence-electron chi connectivity index (χ0n) is 11.7. The molecule has 1 aromatic rings. The first-order chi connectivity index (χ1) is 9.74. The van der Waals surface area contributed by atoms with Gasteiger partial charge in [0.05, 0.1) is 12.2 Å². The summed E-state index contributed by atoms with van der Waals surface area (Å²) in [4.78, 5) is 13.8. The average molecular weight is 298 g/mol. The molecule has 1 amide bonds. The van der Waals surface area contributed by atoms with E-state index in [1.807, 2.05) is 6.07 Å². The molecule has 2 rings (SSSR count). The third kappa shape index (κ3) is 3.84. The minimum absolute atomic E-state index is 0.00565. The van der Waals surface area contributed by atoms with Gasteiger partial charge in [0.2, 0.25) is 5.91 Å². The molecule has 0 saturated carbocycles. The lowest BCUT2D eigenvalue weighted by atomic mass is 10.2. The molecule has 1 heterocycles. The van der Waals surface area contributed by atoms with Crippen molar-refractivity contribution >= 4 is 17.5 Å². The number of halogens is 1. The molecule has 0 aliphatic heterocycles. The second-order valence-electron chi connectivity index (χ2n) is 4.88. The third-order valence-corrected chi connectivity index (χ3v) is 3.63. The molecule has 20 heavy (non-hydrogen) atoms. The van der Waals surface area contributed by atoms with E-state index in [1.54, 1.807) is 22.9 Å². The van der Waals surface area contributed by atoms with E-state index in [4.69, 9.17) is 16.3 Å². The molecule has 1 aliphatic rings. The van der Waals surface area contributed by atoms with E-state index in [9.17, 15) is 4.79 Å². The van der Waals surface area contributed by atoms with Crippen LogP contribution in [0.2, 0.25) is 0 Å². The van der Waals surface area contributed by atoms with E-state index in [2.05, 4.69) is 11.2 Å². The predicted molar refractivity (Wildman–Crippen MR) is 77.3 cm³/mol. The number of rotatable bonds is 7. The molecule has 0 unspecified atom stereocenters. The topological polar surface area (TPSA) is 47.4 Å². The maximum Gasteiger partial charge on any atom is 0.238 e. The van der Waals surface area contributed by atoms with Crippen molar-refractivity contribution in [3.8, 4) is 0 Å². The van der Waals surface area contributed by atoms with Crippen molar-refractivity contribution in [1.82, 2.24) is 14.7 Å². The Morgan fingerprint density at radius 2 is 2.40 bits per heavy atom. The smallest absolute Gasteiger partial charge is 0.238 e. The first kappa shape index (κ1) is 15.1. The summed E-state index contributed by atoms with van der Waals surface area (Å²) in [5.41, 5.74) is 2.27. The van der Waals surface area contributed by atoms with Crippen LogP contribution in [0.5, 0.6) is 0 Å². The lowest BCUT2D eigenvalue weighted by Crippen LogP contribution is -2.34. The van der Waals surface area contributed by atoms with E-state index < -0.39 is 0 Å². The second kappa shape index (κ2) is 7.45. The van der Waals surface area contributed by atoms with Gasteiger partial charge in [-0.25, -0.2) is 4.68 Å². The van der Waals surface area contributed by atoms with Gasteiger partial charge in [0, 0.05) is 19.9 Å². The number of amides is 1. The first-order valence-electron chi connectivity index (χ1n) is 6.76. The van der Waals surface area contributed by atoms with Crippen LogP contribution in [0.3, 0.4) is 0 Å². The molecule has 1 aliphatic carbocycles. The SMILES string of the molecule is COCn1nccc1CN(CC1=CCCC1)C(=O)CCl. The van der Waals surface area contributed by atoms with Crippen LogP contribution in [0, 0.1) is 0 Å². The van der Waals surface area contributed by atoms with Gasteiger partial charge in [-0.05, 0) is 25.3 Å². The van der Waals surface area contributed by atoms with Crippen molar-refractivity contribution in [3.05, 3.63) is 29.6 Å². The molecule has 5 nitrogen and oxygen atoms in total. The first-order valence-corrected chi connectivity index (χ1v) is 7.29. The highest BCUT2D eigenvalue weighted by Gasteiger charge is 2.18. The van der Waals surface area contributed by atoms with Crippen molar-refractivity contribution < 1.29 is 9.53 Å². The molecule has 0 radical (unpaired) electrons. The maximum atomic E-state index is 12.0. The number of alkyl halides is 1. The highest BCUT2D eigenvalue weighted by atomic mass is 35.5. The Labute approximate surface area is 124 Å². The fourth-order valence-electron chi connectivity index (χ4n) is 2.37. The number of hydrogen-bond acceptors (Lipinski definition) is 3. The van der Waals surface area contributed by atoms with Crippen LogP contribution in [-0.2, 0) is 22.8 Å². The number of aromatic nitrogens is 2. The minimum Gasteiger partial charge on any atom is -0.362 e. The molecule has 0 atom stereocenters. The number of hydrogen-bond donors (Lipinski definition) is 0. The third-order valence-electron chi connectivity index (χ3n) is 3.40. The van der Waals surface area contributed by atoms with E-state index in [0.717, 1.165) is 18.5 Å². The molecule has 0 aromatic carbocycles. The van der Waals surface area contributed by atoms with Crippen LogP contribution in [0.25, 0.3) is 0 Å². The van der Waals surface area contributed by atoms with Crippen LogP contribution < -0.4 is 0 Å². The van der Waals surface area contributed by atoms with E-state index in [1.165, 1.54) is 12.0 Å². The zero-order chi connectivity index (χ0) is 14.4. The van der Waals surface area contributed by atoms with Crippen LogP contribution in [-0.4, -0.2) is 40.1 Å². The molecule has 0 fully saturated rings. The highest BCUT2D eigenvalue weighted by molar-refractivity contribution is 6.27. The summed E-state index contributed by atoms with van der Waals surface area (Å²) >= 11 is 5.72. The van der Waals surface area contributed by atoms with Crippen LogP contribution in [0.4, 0.5) is 0 Å². The van der Waals surface area contributed by atoms with Crippen LogP contribution in [0.15, 0.2) is 23.9 Å². The van der Waals surface area contributed by atoms with Crippen molar-refractivity contribution in [2.24, 2.45) is 0 Å². The fraction of sp³-hybridized carbons (Fsp3) is 0.571. The van der Waals surface area contributed by atoms with Gasteiger partial charge in [0.15, 0.2) is 0 Å².